The average molecular weight is 457 g/mol. The van der Waals surface area contributed by atoms with Gasteiger partial charge in [0.15, 0.2) is 0 Å². The van der Waals surface area contributed by atoms with Crippen molar-refractivity contribution in [1.82, 2.24) is 10.2 Å². The summed E-state index contributed by atoms with van der Waals surface area (Å²) in [5.74, 6) is -0.970. The number of rotatable bonds is 11. The van der Waals surface area contributed by atoms with E-state index in [9.17, 15) is 18.8 Å². The minimum absolute atomic E-state index is 0.0836. The Kier molecular flexibility index (Phi) is 9.23. The van der Waals surface area contributed by atoms with E-state index in [0.29, 0.717) is 13.0 Å². The van der Waals surface area contributed by atoms with Gasteiger partial charge in [0.2, 0.25) is 11.8 Å². The van der Waals surface area contributed by atoms with Crippen LogP contribution in [0.1, 0.15) is 24.8 Å². The van der Waals surface area contributed by atoms with Crippen molar-refractivity contribution in [2.75, 3.05) is 26.4 Å². The van der Waals surface area contributed by atoms with Gasteiger partial charge >= 0.3 is 5.97 Å². The first kappa shape index (κ1) is 24.2. The van der Waals surface area contributed by atoms with Crippen LogP contribution in [0.2, 0.25) is 0 Å². The summed E-state index contributed by atoms with van der Waals surface area (Å²) in [5.41, 5.74) is 0.826. The van der Waals surface area contributed by atoms with E-state index in [1.807, 2.05) is 60.7 Å². The zero-order chi connectivity index (χ0) is 23.5. The number of esters is 1. The highest BCUT2D eigenvalue weighted by Gasteiger charge is 2.40. The van der Waals surface area contributed by atoms with Crippen LogP contribution in [-0.4, -0.2) is 55.1 Å². The van der Waals surface area contributed by atoms with E-state index in [1.54, 1.807) is 0 Å². The van der Waals surface area contributed by atoms with E-state index in [4.69, 9.17) is 9.47 Å². The summed E-state index contributed by atoms with van der Waals surface area (Å²) >= 11 is 0. The highest BCUT2D eigenvalue weighted by molar-refractivity contribution is 5.89. The molecule has 0 bridgehead atoms. The summed E-state index contributed by atoms with van der Waals surface area (Å²) in [4.78, 5) is 38.7. The normalized spacial score (nSPS) is 17.4. The van der Waals surface area contributed by atoms with Crippen molar-refractivity contribution in [1.29, 1.82) is 0 Å². The second kappa shape index (κ2) is 12.6. The summed E-state index contributed by atoms with van der Waals surface area (Å²) in [6, 6.07) is 17.6. The van der Waals surface area contributed by atoms with Crippen LogP contribution in [0.25, 0.3) is 0 Å². The molecule has 1 aliphatic heterocycles. The van der Waals surface area contributed by atoms with Gasteiger partial charge in [0.1, 0.15) is 18.4 Å². The zero-order valence-electron chi connectivity index (χ0n) is 18.5. The van der Waals surface area contributed by atoms with Gasteiger partial charge in [-0.1, -0.05) is 48.5 Å². The quantitative estimate of drug-likeness (QED) is 0.415. The number of carbonyl (C=O) groups excluding carboxylic acids is 3. The summed E-state index contributed by atoms with van der Waals surface area (Å²) in [6.45, 7) is -0.285. The lowest BCUT2D eigenvalue weighted by Gasteiger charge is -2.23. The first-order chi connectivity index (χ1) is 16.1. The Balaban J connectivity index is 1.42. The molecule has 176 valence electrons. The molecule has 0 radical (unpaired) electrons. The Hall–Kier alpha value is -3.42. The summed E-state index contributed by atoms with van der Waals surface area (Å²) < 4.78 is 24.2. The van der Waals surface area contributed by atoms with Crippen molar-refractivity contribution in [2.45, 2.75) is 31.9 Å². The molecule has 2 aromatic rings. The lowest BCUT2D eigenvalue weighted by Crippen LogP contribution is -2.46. The Labute approximate surface area is 192 Å². The number of ether oxygens (including phenoxy) is 2. The van der Waals surface area contributed by atoms with Gasteiger partial charge in [-0.3, -0.25) is 14.0 Å². The number of alkyl halides is 1. The van der Waals surface area contributed by atoms with Gasteiger partial charge in [0.05, 0.1) is 19.8 Å². The lowest BCUT2D eigenvalue weighted by atomic mass is 10.1. The molecule has 3 rings (SSSR count). The highest BCUT2D eigenvalue weighted by Crippen LogP contribution is 2.25. The molecule has 2 amide bonds. The van der Waals surface area contributed by atoms with Crippen molar-refractivity contribution >= 4 is 17.8 Å². The summed E-state index contributed by atoms with van der Waals surface area (Å²) in [6.07, 6.45) is 0.910. The molecule has 2 aromatic carbocycles. The molecular weight excluding hydrogens is 427 g/mol. The SMILES string of the molecule is O=C(CCCOc1ccccc1)NCC(=O)N1CC(CF)CC1C(=O)OCc1ccccc1. The molecule has 7 nitrogen and oxygen atoms in total. The van der Waals surface area contributed by atoms with Gasteiger partial charge in [-0.05, 0) is 30.5 Å². The number of carbonyl (C=O) groups is 3. The Morgan fingerprint density at radius 2 is 1.73 bits per heavy atom. The van der Waals surface area contributed by atoms with Crippen LogP contribution in [0.4, 0.5) is 4.39 Å². The zero-order valence-corrected chi connectivity index (χ0v) is 18.5. The molecule has 0 saturated carbocycles. The molecule has 0 aromatic heterocycles. The van der Waals surface area contributed by atoms with E-state index in [2.05, 4.69) is 5.32 Å². The lowest BCUT2D eigenvalue weighted by molar-refractivity contribution is -0.154. The number of nitrogens with zero attached hydrogens (tertiary/aromatic N) is 1. The van der Waals surface area contributed by atoms with Gasteiger partial charge < -0.3 is 19.7 Å². The number of halogens is 1. The van der Waals surface area contributed by atoms with Crippen molar-refractivity contribution in [3.8, 4) is 5.75 Å². The van der Waals surface area contributed by atoms with Crippen LogP contribution < -0.4 is 10.1 Å². The van der Waals surface area contributed by atoms with Gasteiger partial charge in [0, 0.05) is 18.9 Å². The predicted molar refractivity (Wildman–Crippen MR) is 120 cm³/mol. The monoisotopic (exact) mass is 456 g/mol. The minimum Gasteiger partial charge on any atom is -0.494 e. The molecule has 33 heavy (non-hydrogen) atoms. The third-order valence-electron chi connectivity index (χ3n) is 5.42. The van der Waals surface area contributed by atoms with Gasteiger partial charge in [-0.15, -0.1) is 0 Å². The maximum atomic E-state index is 13.3. The van der Waals surface area contributed by atoms with Crippen molar-refractivity contribution in [2.24, 2.45) is 5.92 Å². The molecule has 1 aliphatic rings. The van der Waals surface area contributed by atoms with Crippen LogP contribution in [0.15, 0.2) is 60.7 Å². The molecular formula is C25H29FN2O5. The van der Waals surface area contributed by atoms with E-state index < -0.39 is 30.5 Å². The van der Waals surface area contributed by atoms with Crippen molar-refractivity contribution < 1.29 is 28.2 Å². The molecule has 8 heteroatoms. The first-order valence-corrected chi connectivity index (χ1v) is 11.1. The topological polar surface area (TPSA) is 84.9 Å². The second-order valence-corrected chi connectivity index (χ2v) is 7.95. The molecule has 1 N–H and O–H groups in total. The smallest absolute Gasteiger partial charge is 0.329 e. The Morgan fingerprint density at radius 3 is 2.42 bits per heavy atom. The predicted octanol–water partition coefficient (Wildman–Crippen LogP) is 2.89. The number of nitrogens with one attached hydrogen (secondary N) is 1. The molecule has 2 unspecified atom stereocenters. The van der Waals surface area contributed by atoms with E-state index >= 15 is 0 Å². The fourth-order valence-electron chi connectivity index (χ4n) is 3.66. The first-order valence-electron chi connectivity index (χ1n) is 11.1. The molecule has 1 heterocycles. The number of para-hydroxylation sites is 1. The van der Waals surface area contributed by atoms with Gasteiger partial charge in [-0.25, -0.2) is 4.79 Å². The number of hydrogen-bond acceptors (Lipinski definition) is 5. The number of amides is 2. The minimum atomic E-state index is -0.849. The van der Waals surface area contributed by atoms with Crippen molar-refractivity contribution in [3.05, 3.63) is 66.2 Å². The summed E-state index contributed by atoms with van der Waals surface area (Å²) in [5, 5.41) is 2.58. The maximum absolute atomic E-state index is 13.3. The molecule has 1 fully saturated rings. The van der Waals surface area contributed by atoms with Crippen LogP contribution in [-0.2, 0) is 25.7 Å². The Bertz CT molecular complexity index is 910. The maximum Gasteiger partial charge on any atom is 0.329 e. The number of benzene rings is 2. The van der Waals surface area contributed by atoms with Crippen LogP contribution >= 0.6 is 0 Å². The third kappa shape index (κ3) is 7.59. The molecule has 1 saturated heterocycles. The van der Waals surface area contributed by atoms with Gasteiger partial charge in [0.25, 0.3) is 0 Å². The van der Waals surface area contributed by atoms with E-state index in [0.717, 1.165) is 11.3 Å². The number of likely N-dealkylation sites (tertiary alicyclic amines) is 1. The molecule has 0 spiro atoms. The number of hydrogen-bond donors (Lipinski definition) is 1. The van der Waals surface area contributed by atoms with Crippen LogP contribution in [0.3, 0.4) is 0 Å². The van der Waals surface area contributed by atoms with Crippen LogP contribution in [0, 0.1) is 5.92 Å². The van der Waals surface area contributed by atoms with Crippen molar-refractivity contribution in [3.63, 3.8) is 0 Å². The molecule has 2 atom stereocenters. The Morgan fingerprint density at radius 1 is 1.03 bits per heavy atom. The van der Waals surface area contributed by atoms with Crippen LogP contribution in [0.5, 0.6) is 5.75 Å². The second-order valence-electron chi connectivity index (χ2n) is 7.95. The fourth-order valence-corrected chi connectivity index (χ4v) is 3.66. The van der Waals surface area contributed by atoms with E-state index in [1.165, 1.54) is 4.90 Å². The van der Waals surface area contributed by atoms with E-state index in [-0.39, 0.29) is 38.4 Å². The molecule has 0 aliphatic carbocycles. The highest BCUT2D eigenvalue weighted by atomic mass is 19.1. The standard InChI is InChI=1S/C25H29FN2O5/c26-15-20-14-22(25(31)33-18-19-8-3-1-4-9-19)28(17-20)24(30)16-27-23(29)12-7-13-32-21-10-5-2-6-11-21/h1-6,8-11,20,22H,7,12-18H2,(H,27,29). The van der Waals surface area contributed by atoms with Gasteiger partial charge in [-0.2, -0.15) is 0 Å². The third-order valence-corrected chi connectivity index (χ3v) is 5.42. The average Bonchev–Trinajstić information content (AvgIpc) is 3.30. The summed E-state index contributed by atoms with van der Waals surface area (Å²) in [7, 11) is 0. The largest absolute Gasteiger partial charge is 0.494 e. The fraction of sp³-hybridized carbons (Fsp3) is 0.400.